The van der Waals surface area contributed by atoms with Crippen molar-refractivity contribution in [1.82, 2.24) is 4.72 Å². The van der Waals surface area contributed by atoms with E-state index in [1.807, 2.05) is 0 Å². The number of aliphatic hydroxyl groups excluding tert-OH is 1. The van der Waals surface area contributed by atoms with E-state index in [-0.39, 0.29) is 34.8 Å². The largest absolute Gasteiger partial charge is 0.396 e. The predicted molar refractivity (Wildman–Crippen MR) is 79.8 cm³/mol. The van der Waals surface area contributed by atoms with E-state index >= 15 is 0 Å². The lowest BCUT2D eigenvalue weighted by Crippen LogP contribution is -2.38. The van der Waals surface area contributed by atoms with Crippen LogP contribution >= 0.6 is 11.6 Å². The Morgan fingerprint density at radius 3 is 2.71 bits per heavy atom. The Morgan fingerprint density at radius 2 is 2.10 bits per heavy atom. The zero-order chi connectivity index (χ0) is 15.8. The topological polar surface area (TPSA) is 95.5 Å². The van der Waals surface area contributed by atoms with Crippen molar-refractivity contribution >= 4 is 33.2 Å². The molecule has 3 N–H and O–H groups in total. The second-order valence-electron chi connectivity index (χ2n) is 5.23. The normalized spacial score (nSPS) is 17.2. The van der Waals surface area contributed by atoms with Crippen LogP contribution in [-0.2, 0) is 21.2 Å². The molecule has 1 aromatic rings. The molecular weight excluding hydrogens is 316 g/mol. The monoisotopic (exact) mass is 332 g/mol. The molecule has 1 aliphatic rings. The first kappa shape index (κ1) is 16.2. The standard InChI is InChI=1S/C13H17ClN2O4S/c1-7(6-17)8(2)16-21(19,20)12-3-9-4-13(18)15-11(9)5-10(12)14/h3,5,7-8,16-17H,4,6H2,1-2H3,(H,15,18). The zero-order valence-corrected chi connectivity index (χ0v) is 13.3. The zero-order valence-electron chi connectivity index (χ0n) is 11.7. The average Bonchev–Trinajstić information content (AvgIpc) is 2.75. The maximum atomic E-state index is 12.4. The summed E-state index contributed by atoms with van der Waals surface area (Å²) in [6.45, 7) is 3.28. The number of hydrogen-bond donors (Lipinski definition) is 3. The first-order valence-electron chi connectivity index (χ1n) is 6.50. The van der Waals surface area contributed by atoms with E-state index in [1.165, 1.54) is 12.1 Å². The Morgan fingerprint density at radius 1 is 1.43 bits per heavy atom. The highest BCUT2D eigenvalue weighted by atomic mass is 35.5. The summed E-state index contributed by atoms with van der Waals surface area (Å²) in [7, 11) is -3.82. The minimum Gasteiger partial charge on any atom is -0.396 e. The SMILES string of the molecule is CC(CO)C(C)NS(=O)(=O)c1cc2c(cc1Cl)NC(=O)C2. The number of amides is 1. The number of sulfonamides is 1. The number of carbonyl (C=O) groups excluding carboxylic acids is 1. The highest BCUT2D eigenvalue weighted by Crippen LogP contribution is 2.32. The van der Waals surface area contributed by atoms with E-state index in [1.54, 1.807) is 13.8 Å². The highest BCUT2D eigenvalue weighted by molar-refractivity contribution is 7.89. The van der Waals surface area contributed by atoms with Crippen LogP contribution in [0.25, 0.3) is 0 Å². The van der Waals surface area contributed by atoms with Crippen LogP contribution < -0.4 is 10.0 Å². The van der Waals surface area contributed by atoms with Crippen LogP contribution in [0.1, 0.15) is 19.4 Å². The summed E-state index contributed by atoms with van der Waals surface area (Å²) >= 11 is 6.02. The summed E-state index contributed by atoms with van der Waals surface area (Å²) in [6, 6.07) is 2.41. The summed E-state index contributed by atoms with van der Waals surface area (Å²) in [5.74, 6) is -0.415. The molecule has 2 unspecified atom stereocenters. The molecule has 1 aliphatic heterocycles. The Bertz CT molecular complexity index is 675. The van der Waals surface area contributed by atoms with Crippen molar-refractivity contribution in [3.05, 3.63) is 22.7 Å². The van der Waals surface area contributed by atoms with Crippen LogP contribution in [0.5, 0.6) is 0 Å². The van der Waals surface area contributed by atoms with Gasteiger partial charge in [0.05, 0.1) is 11.4 Å². The fourth-order valence-electron chi connectivity index (χ4n) is 2.01. The molecule has 0 fully saturated rings. The van der Waals surface area contributed by atoms with Gasteiger partial charge >= 0.3 is 0 Å². The molecule has 0 spiro atoms. The van der Waals surface area contributed by atoms with Gasteiger partial charge in [-0.25, -0.2) is 13.1 Å². The van der Waals surface area contributed by atoms with Crippen molar-refractivity contribution in [3.8, 4) is 0 Å². The number of rotatable bonds is 5. The Labute approximate surface area is 128 Å². The Kier molecular flexibility index (Phi) is 4.57. The molecule has 0 bridgehead atoms. The van der Waals surface area contributed by atoms with Crippen molar-refractivity contribution in [3.63, 3.8) is 0 Å². The van der Waals surface area contributed by atoms with Gasteiger partial charge in [0.1, 0.15) is 4.90 Å². The van der Waals surface area contributed by atoms with Crippen molar-refractivity contribution in [2.24, 2.45) is 5.92 Å². The smallest absolute Gasteiger partial charge is 0.242 e. The molecule has 8 heteroatoms. The lowest BCUT2D eigenvalue weighted by atomic mass is 10.1. The summed E-state index contributed by atoms with van der Waals surface area (Å²) in [4.78, 5) is 11.3. The second kappa shape index (κ2) is 5.92. The number of anilines is 1. The fourth-order valence-corrected chi connectivity index (χ4v) is 3.94. The molecule has 0 saturated carbocycles. The number of nitrogens with one attached hydrogen (secondary N) is 2. The van der Waals surface area contributed by atoms with E-state index < -0.39 is 16.1 Å². The van der Waals surface area contributed by atoms with Crippen molar-refractivity contribution < 1.29 is 18.3 Å². The first-order chi connectivity index (χ1) is 9.74. The molecule has 0 aliphatic carbocycles. The van der Waals surface area contributed by atoms with Crippen molar-refractivity contribution in [1.29, 1.82) is 0 Å². The fraction of sp³-hybridized carbons (Fsp3) is 0.462. The Balaban J connectivity index is 2.33. The third kappa shape index (κ3) is 3.37. The first-order valence-corrected chi connectivity index (χ1v) is 8.36. The van der Waals surface area contributed by atoms with Crippen LogP contribution in [0.3, 0.4) is 0 Å². The van der Waals surface area contributed by atoms with E-state index in [0.717, 1.165) is 0 Å². The lowest BCUT2D eigenvalue weighted by Gasteiger charge is -2.20. The number of fused-ring (bicyclic) bond motifs is 1. The van der Waals surface area contributed by atoms with Crippen molar-refractivity contribution in [2.75, 3.05) is 11.9 Å². The molecular formula is C13H17ClN2O4S. The number of aliphatic hydroxyl groups is 1. The molecule has 21 heavy (non-hydrogen) atoms. The summed E-state index contributed by atoms with van der Waals surface area (Å²) < 4.78 is 27.3. The highest BCUT2D eigenvalue weighted by Gasteiger charge is 2.27. The van der Waals surface area contributed by atoms with Crippen LogP contribution in [0.4, 0.5) is 5.69 Å². The molecule has 1 aromatic carbocycles. The molecule has 1 heterocycles. The van der Waals surface area contributed by atoms with Crippen molar-refractivity contribution in [2.45, 2.75) is 31.2 Å². The van der Waals surface area contributed by atoms with E-state index in [4.69, 9.17) is 16.7 Å². The average molecular weight is 333 g/mol. The van der Waals surface area contributed by atoms with Gasteiger partial charge in [0.25, 0.3) is 0 Å². The van der Waals surface area contributed by atoms with Gasteiger partial charge in [-0.1, -0.05) is 18.5 Å². The van der Waals surface area contributed by atoms with Crippen LogP contribution in [0.15, 0.2) is 17.0 Å². The summed E-state index contributed by atoms with van der Waals surface area (Å²) in [6.07, 6.45) is 0.137. The van der Waals surface area contributed by atoms with Crippen LogP contribution in [0, 0.1) is 5.92 Å². The van der Waals surface area contributed by atoms with Crippen LogP contribution in [0.2, 0.25) is 5.02 Å². The molecule has 6 nitrogen and oxygen atoms in total. The van der Waals surface area contributed by atoms with E-state index in [2.05, 4.69) is 10.0 Å². The maximum Gasteiger partial charge on any atom is 0.242 e. The third-order valence-corrected chi connectivity index (χ3v) is 5.58. The van der Waals surface area contributed by atoms with Gasteiger partial charge < -0.3 is 10.4 Å². The van der Waals surface area contributed by atoms with E-state index in [0.29, 0.717) is 11.3 Å². The molecule has 0 radical (unpaired) electrons. The van der Waals surface area contributed by atoms with Gasteiger partial charge in [0.15, 0.2) is 0 Å². The second-order valence-corrected chi connectivity index (χ2v) is 7.32. The molecule has 116 valence electrons. The number of benzene rings is 1. The molecule has 1 amide bonds. The van der Waals surface area contributed by atoms with Crippen LogP contribution in [-0.4, -0.2) is 32.1 Å². The molecule has 2 rings (SSSR count). The van der Waals surface area contributed by atoms with Gasteiger partial charge in [-0.05, 0) is 30.5 Å². The van der Waals surface area contributed by atoms with Gasteiger partial charge in [-0.3, -0.25) is 4.79 Å². The molecule has 0 saturated heterocycles. The predicted octanol–water partition coefficient (Wildman–Crippen LogP) is 1.13. The van der Waals surface area contributed by atoms with Gasteiger partial charge in [0.2, 0.25) is 15.9 Å². The number of carbonyl (C=O) groups is 1. The minimum absolute atomic E-state index is 0.0484. The molecule has 2 atom stereocenters. The molecule has 0 aromatic heterocycles. The quantitative estimate of drug-likeness (QED) is 0.753. The van der Waals surface area contributed by atoms with Gasteiger partial charge in [-0.15, -0.1) is 0 Å². The van der Waals surface area contributed by atoms with E-state index in [9.17, 15) is 13.2 Å². The Hall–Kier alpha value is -1.15. The summed E-state index contributed by atoms with van der Waals surface area (Å²) in [5, 5.41) is 11.7. The lowest BCUT2D eigenvalue weighted by molar-refractivity contribution is -0.115. The maximum absolute atomic E-state index is 12.4. The minimum atomic E-state index is -3.82. The van der Waals surface area contributed by atoms with Gasteiger partial charge in [0, 0.05) is 18.3 Å². The summed E-state index contributed by atoms with van der Waals surface area (Å²) in [5.41, 5.74) is 1.15. The number of hydrogen-bond acceptors (Lipinski definition) is 4. The number of halogens is 1. The van der Waals surface area contributed by atoms with Gasteiger partial charge in [-0.2, -0.15) is 0 Å². The third-order valence-electron chi connectivity index (χ3n) is 3.55.